The van der Waals surface area contributed by atoms with E-state index in [2.05, 4.69) is 58.5 Å². The summed E-state index contributed by atoms with van der Waals surface area (Å²) in [5.41, 5.74) is 29.1. The predicted molar refractivity (Wildman–Crippen MR) is 472 cm³/mol. The normalized spacial score (nSPS) is 14.7. The Bertz CT molecular complexity index is 4840. The minimum atomic E-state index is -4.16. The number of carbonyl (C=O) groups is 3. The van der Waals surface area contributed by atoms with Crippen LogP contribution in [0.5, 0.6) is 0 Å². The number of hydrogen-bond donors (Lipinski definition) is 9. The molecule has 0 spiro atoms. The number of alkyl halides is 11. The van der Waals surface area contributed by atoms with E-state index in [-0.39, 0.29) is 211 Å². The fourth-order valence-electron chi connectivity index (χ4n) is 12.9. The molecule has 125 heavy (non-hydrogen) atoms. The van der Waals surface area contributed by atoms with E-state index in [1.165, 1.54) is 24.3 Å². The first-order valence-electron chi connectivity index (χ1n) is 37.8. The van der Waals surface area contributed by atoms with E-state index in [1.807, 2.05) is 77.3 Å². The number of piperidine rings is 4. The van der Waals surface area contributed by atoms with Crippen molar-refractivity contribution in [2.45, 2.75) is 165 Å². The van der Waals surface area contributed by atoms with Crippen LogP contribution in [0.2, 0.25) is 25.1 Å². The zero-order chi connectivity index (χ0) is 92.1. The van der Waals surface area contributed by atoms with Gasteiger partial charge in [-0.15, -0.1) is 0 Å². The van der Waals surface area contributed by atoms with Gasteiger partial charge < -0.3 is 75.5 Å². The van der Waals surface area contributed by atoms with Crippen LogP contribution in [0.15, 0.2) is 77.8 Å². The van der Waals surface area contributed by atoms with Crippen molar-refractivity contribution in [1.82, 2.24) is 25.9 Å². The molecular weight excluding hydrogens is 1860 g/mol. The van der Waals surface area contributed by atoms with Gasteiger partial charge in [0.1, 0.15) is 17.1 Å². The number of aromatic amines is 1. The van der Waals surface area contributed by atoms with Crippen LogP contribution >= 0.6 is 79.5 Å². The maximum atomic E-state index is 13.1. The number of amides is 2. The Morgan fingerprint density at radius 1 is 0.584 bits per heavy atom. The number of imidazole rings is 1. The van der Waals surface area contributed by atoms with Crippen LogP contribution in [-0.4, -0.2) is 120 Å². The number of carbonyl (C=O) groups excluding carboxylic acids is 3. The molecule has 0 radical (unpaired) electrons. The first kappa shape index (κ1) is 116. The number of H-pyrrole nitrogens is 1. The Morgan fingerprint density at radius 3 is 1.34 bits per heavy atom. The maximum Gasteiger partial charge on any atom is 1.00 e. The van der Waals surface area contributed by atoms with Crippen molar-refractivity contribution in [3.05, 3.63) is 152 Å². The Kier molecular flexibility index (Phi) is 47.5. The predicted octanol–water partition coefficient (Wildman–Crippen LogP) is 14.7. The number of thiocarbonyl (C=S) groups is 1. The number of hydrogen-bond acceptors (Lipinski definition) is 21. The van der Waals surface area contributed by atoms with Gasteiger partial charge in [-0.1, -0.05) is 128 Å². The van der Waals surface area contributed by atoms with Crippen LogP contribution in [0.3, 0.4) is 0 Å². The summed E-state index contributed by atoms with van der Waals surface area (Å²) in [5, 5.41) is 45.7. The summed E-state index contributed by atoms with van der Waals surface area (Å²) in [5.74, 6) is -3.88. The third-order valence-electron chi connectivity index (χ3n) is 20.0. The van der Waals surface area contributed by atoms with Gasteiger partial charge in [0, 0.05) is 103 Å². The standard InChI is InChI=1S/C26H30Cl2F3N5O.C13H14Cl2N2OS.C13H16F3N3O2.C13H18F3N3.C7H7ClN2O2.C6H12F2NP.CH2O3.CH4.2K.H/c1-14-11-18-19(12-20(14)36-9-7-16(8-10-36)26(29,30)31)34-24(33-18)35-22-17(27)6-5-15(21(22)28)13-32-23(37)25(2,3)4;1-13(2,3)12(18)16-6-8-4-5-9(14)11(10(8)15)17-7-19;1-8-6-12(19(20)21)10(17)7-11(8)18-4-2-9(3-5-18)13(14,15)16;1-8-6-10(17)11(18)7-12(8)19-4-2-9(3-5-19)13(14,15)16;1-4-2-7(10(11)12)6(9)3-5(4)8;7-6(8,10)5-1-3-9-4-2-5;2-1-4-3;;;;/h5-6,11-12,16H,7-10,13H2,1-4H3,(H,32,37)(H2,33,34,35);4-5H,6H2,1-3H3,(H,16,18);6-7,9H,2-5,17H2,1H3;6-7,9H,2-5,17-18H2,1H3;2-3H,9H2,1H3;5,9H,1-4,10H2;1,3H;1H4;;;/q;;;;;;;;2*+1;-1/p-1. The molecular formula is C80H103Cl5F11K2N16O9PS. The molecule has 0 aliphatic carbocycles. The van der Waals surface area contributed by atoms with E-state index >= 15 is 0 Å². The summed E-state index contributed by atoms with van der Waals surface area (Å²) in [4.78, 5) is 72.8. The zero-order valence-electron chi connectivity index (χ0n) is 71.2. The quantitative estimate of drug-likeness (QED) is 0.00466. The summed E-state index contributed by atoms with van der Waals surface area (Å²) in [6.45, 7) is 22.1. The fraction of sp³-hybridized carbons (Fsp3) is 0.487. The average Bonchev–Trinajstić information content (AvgIpc) is 0.857. The Morgan fingerprint density at radius 2 is 0.952 bits per heavy atom. The van der Waals surface area contributed by atoms with Crippen LogP contribution in [0.1, 0.15) is 135 Å². The minimum Gasteiger partial charge on any atom is -1.00 e. The number of nitrogens with two attached hydrogens (primary N) is 4. The molecule has 0 bridgehead atoms. The van der Waals surface area contributed by atoms with Crippen LogP contribution < -0.4 is 167 Å². The number of nitrogen functional groups attached to an aromatic ring is 4. The van der Waals surface area contributed by atoms with E-state index in [0.717, 1.165) is 46.7 Å². The summed E-state index contributed by atoms with van der Waals surface area (Å²) >= 11 is 35.4. The van der Waals surface area contributed by atoms with Gasteiger partial charge in [-0.25, -0.2) is 13.8 Å². The van der Waals surface area contributed by atoms with Crippen LogP contribution in [-0.2, 0) is 32.4 Å². The third kappa shape index (κ3) is 35.6. The number of anilines is 9. The molecule has 0 saturated carbocycles. The number of nitrogens with zero attached hydrogens (tertiary/aromatic N) is 7. The number of benzene rings is 6. The largest absolute Gasteiger partial charge is 1.00 e. The molecule has 11 rings (SSSR count). The van der Waals surface area contributed by atoms with Gasteiger partial charge in [0.2, 0.25) is 17.8 Å². The molecule has 4 aliphatic heterocycles. The second kappa shape index (κ2) is 51.3. The number of aryl methyl sites for hydroxylation is 4. The van der Waals surface area contributed by atoms with Gasteiger partial charge in [0.05, 0.1) is 80.9 Å². The molecule has 25 nitrogen and oxygen atoms in total. The fourth-order valence-corrected chi connectivity index (χ4v) is 14.6. The number of rotatable bonds is 14. The molecule has 4 saturated heterocycles. The molecule has 1 aromatic heterocycles. The number of isothiocyanates is 1. The molecule has 6 aromatic carbocycles. The SMILES string of the molecule is C.CC(C)(C)C(=O)NCc1ccc(Cl)c(N=C=S)c1Cl.Cc1cc(N)c(N)cc1N1CCC(C(F)(F)F)CC1.Cc1cc([N+](=O)[O-])c(N)cc1Cl.Cc1cc([N+](=O)[O-])c(N)cc1N1CCC(C(F)(F)F)CC1.Cc1cc2[nH]c(Nc3c(Cl)ccc(CNC(=O)C(C)(C)C)c3Cl)nc2cc1N1CCC(C(F)(F)F)CC1.FC(F)(P)C1CCNCC1.O=CO[O-].[H-].[K+].[K+]. The van der Waals surface area contributed by atoms with Crippen molar-refractivity contribution in [2.24, 2.45) is 39.5 Å². The summed E-state index contributed by atoms with van der Waals surface area (Å²) in [6.07, 6.45) is -10.7. The minimum absolute atomic E-state index is 0. The Labute approximate surface area is 837 Å². The first-order valence-corrected chi connectivity index (χ1v) is 40.7. The van der Waals surface area contributed by atoms with Gasteiger partial charge in [0.25, 0.3) is 23.5 Å². The smallest absolute Gasteiger partial charge is 1.00 e. The molecule has 2 amide bonds. The number of nitrogens with one attached hydrogen (secondary N) is 5. The molecule has 682 valence electrons. The number of halogens is 16. The number of aliphatic imine (C=N–C) groups is 1. The summed E-state index contributed by atoms with van der Waals surface area (Å²) < 4.78 is 140. The van der Waals surface area contributed by atoms with E-state index in [4.69, 9.17) is 91.0 Å². The first-order chi connectivity index (χ1) is 56.5. The number of nitro groups is 2. The maximum absolute atomic E-state index is 13.1. The monoisotopic (exact) mass is 1960 g/mol. The van der Waals surface area contributed by atoms with Gasteiger partial charge >= 0.3 is 121 Å². The molecule has 5 heterocycles. The molecule has 4 fully saturated rings. The van der Waals surface area contributed by atoms with Crippen molar-refractivity contribution < 1.29 is 187 Å². The van der Waals surface area contributed by atoms with E-state index in [1.54, 1.807) is 64.4 Å². The second-order valence-corrected chi connectivity index (χ2v) is 34.1. The van der Waals surface area contributed by atoms with Crippen molar-refractivity contribution >= 4 is 182 Å². The number of nitro benzene ring substituents is 2. The molecule has 45 heteroatoms. The van der Waals surface area contributed by atoms with E-state index < -0.39 is 68.5 Å². The van der Waals surface area contributed by atoms with Crippen molar-refractivity contribution in [3.63, 3.8) is 0 Å². The average molecular weight is 1960 g/mol. The molecule has 4 aliphatic rings. The van der Waals surface area contributed by atoms with Crippen molar-refractivity contribution in [1.29, 1.82) is 0 Å². The molecule has 13 N–H and O–H groups in total. The van der Waals surface area contributed by atoms with Crippen LogP contribution in [0.4, 0.5) is 117 Å². The Balaban J connectivity index is 0.000000781. The molecule has 1 atom stereocenters. The van der Waals surface area contributed by atoms with Crippen LogP contribution in [0, 0.1) is 82.4 Å². The third-order valence-corrected chi connectivity index (χ3v) is 22.5. The number of fused-ring (bicyclic) bond motifs is 1. The van der Waals surface area contributed by atoms with Gasteiger partial charge in [0.15, 0.2) is 0 Å². The Hall–Kier alpha value is -5.50. The topological polar surface area (TPSA) is 373 Å². The van der Waals surface area contributed by atoms with Gasteiger partial charge in [-0.2, -0.15) is 44.5 Å². The van der Waals surface area contributed by atoms with Gasteiger partial charge in [-0.3, -0.25) is 34.6 Å². The van der Waals surface area contributed by atoms with Crippen LogP contribution in [0.25, 0.3) is 11.0 Å². The van der Waals surface area contributed by atoms with Gasteiger partial charge in [-0.05, 0) is 186 Å². The van der Waals surface area contributed by atoms with E-state index in [0.29, 0.717) is 127 Å². The molecule has 7 aromatic rings. The van der Waals surface area contributed by atoms with E-state index in [9.17, 15) is 78.1 Å². The number of aromatic nitrogens is 2. The zero-order valence-corrected chi connectivity index (χ0v) is 82.2. The summed E-state index contributed by atoms with van der Waals surface area (Å²) in [6, 6.07) is 19.8. The van der Waals surface area contributed by atoms with Crippen molar-refractivity contribution in [2.75, 3.05) is 95.3 Å². The summed E-state index contributed by atoms with van der Waals surface area (Å²) in [7, 11) is 1.62. The second-order valence-electron chi connectivity index (χ2n) is 31.1. The van der Waals surface area contributed by atoms with Crippen molar-refractivity contribution in [3.8, 4) is 0 Å². The molecule has 1 unspecified atom stereocenters.